The molecule has 1 aromatic rings. The number of hydrogen-bond acceptors (Lipinski definition) is 4. The summed E-state index contributed by atoms with van der Waals surface area (Å²) in [7, 11) is 2.05. The molecule has 1 fully saturated rings. The standard InChI is InChI=1S/C12H20N4/c1-10(12-9-14-5-6-15-12)16-7-3-11(13-2)4-8-16/h5-6,9-11,13H,3-4,7-8H2,1-2H3. The van der Waals surface area contributed by atoms with Gasteiger partial charge in [0.1, 0.15) is 0 Å². The molecule has 1 aromatic heterocycles. The van der Waals surface area contributed by atoms with E-state index in [0.29, 0.717) is 12.1 Å². The van der Waals surface area contributed by atoms with Crippen molar-refractivity contribution in [1.29, 1.82) is 0 Å². The molecule has 88 valence electrons. The second-order valence-corrected chi connectivity index (χ2v) is 4.41. The van der Waals surface area contributed by atoms with Gasteiger partial charge < -0.3 is 5.32 Å². The van der Waals surface area contributed by atoms with E-state index in [1.165, 1.54) is 12.8 Å². The summed E-state index contributed by atoms with van der Waals surface area (Å²) in [4.78, 5) is 11.0. The van der Waals surface area contributed by atoms with Gasteiger partial charge in [-0.05, 0) is 26.8 Å². The van der Waals surface area contributed by atoms with Gasteiger partial charge >= 0.3 is 0 Å². The summed E-state index contributed by atoms with van der Waals surface area (Å²) in [6.45, 7) is 4.50. The molecule has 1 saturated heterocycles. The third-order valence-electron chi connectivity index (χ3n) is 3.50. The first-order chi connectivity index (χ1) is 7.81. The van der Waals surface area contributed by atoms with E-state index in [9.17, 15) is 0 Å². The van der Waals surface area contributed by atoms with Crippen molar-refractivity contribution in [1.82, 2.24) is 20.2 Å². The Balaban J connectivity index is 1.94. The average Bonchev–Trinajstić information content (AvgIpc) is 2.39. The van der Waals surface area contributed by atoms with E-state index in [2.05, 4.69) is 27.1 Å². The summed E-state index contributed by atoms with van der Waals surface area (Å²) in [6, 6.07) is 1.07. The van der Waals surface area contributed by atoms with Gasteiger partial charge in [0.15, 0.2) is 0 Å². The van der Waals surface area contributed by atoms with E-state index in [1.807, 2.05) is 13.2 Å². The second kappa shape index (κ2) is 5.37. The minimum Gasteiger partial charge on any atom is -0.317 e. The number of hydrogen-bond donors (Lipinski definition) is 1. The van der Waals surface area contributed by atoms with Gasteiger partial charge in [-0.3, -0.25) is 14.9 Å². The summed E-state index contributed by atoms with van der Waals surface area (Å²) >= 11 is 0. The van der Waals surface area contributed by atoms with E-state index in [1.54, 1.807) is 12.4 Å². The Morgan fingerprint density at radius 3 is 2.69 bits per heavy atom. The monoisotopic (exact) mass is 220 g/mol. The molecule has 0 amide bonds. The minimum atomic E-state index is 0.381. The molecule has 0 aromatic carbocycles. The molecule has 0 saturated carbocycles. The lowest BCUT2D eigenvalue weighted by atomic mass is 10.0. The topological polar surface area (TPSA) is 41.0 Å². The Morgan fingerprint density at radius 1 is 1.38 bits per heavy atom. The van der Waals surface area contributed by atoms with Gasteiger partial charge in [0.2, 0.25) is 0 Å². The predicted octanol–water partition coefficient (Wildman–Crippen LogP) is 1.22. The molecule has 16 heavy (non-hydrogen) atoms. The number of likely N-dealkylation sites (tertiary alicyclic amines) is 1. The smallest absolute Gasteiger partial charge is 0.0755 e. The largest absolute Gasteiger partial charge is 0.317 e. The molecular formula is C12H20N4. The zero-order chi connectivity index (χ0) is 11.4. The average molecular weight is 220 g/mol. The Hall–Kier alpha value is -1.00. The van der Waals surface area contributed by atoms with Crippen LogP contribution in [-0.4, -0.2) is 41.0 Å². The number of nitrogens with zero attached hydrogens (tertiary/aromatic N) is 3. The molecule has 4 nitrogen and oxygen atoms in total. The highest BCUT2D eigenvalue weighted by atomic mass is 15.2. The first kappa shape index (κ1) is 11.5. The van der Waals surface area contributed by atoms with Crippen LogP contribution in [0.2, 0.25) is 0 Å². The zero-order valence-corrected chi connectivity index (χ0v) is 10.1. The van der Waals surface area contributed by atoms with Crippen molar-refractivity contribution in [3.8, 4) is 0 Å². The molecule has 2 rings (SSSR count). The van der Waals surface area contributed by atoms with Crippen LogP contribution in [0.5, 0.6) is 0 Å². The van der Waals surface area contributed by atoms with E-state index < -0.39 is 0 Å². The van der Waals surface area contributed by atoms with Crippen LogP contribution in [0.25, 0.3) is 0 Å². The normalized spacial score (nSPS) is 20.9. The maximum Gasteiger partial charge on any atom is 0.0755 e. The van der Waals surface area contributed by atoms with Crippen LogP contribution in [0.1, 0.15) is 31.5 Å². The lowest BCUT2D eigenvalue weighted by Gasteiger charge is -2.35. The maximum atomic E-state index is 4.37. The van der Waals surface area contributed by atoms with Crippen molar-refractivity contribution in [3.05, 3.63) is 24.3 Å². The van der Waals surface area contributed by atoms with Crippen LogP contribution in [-0.2, 0) is 0 Å². The Labute approximate surface area is 97.1 Å². The quantitative estimate of drug-likeness (QED) is 0.831. The number of rotatable bonds is 3. The Bertz CT molecular complexity index is 306. The first-order valence-electron chi connectivity index (χ1n) is 5.98. The maximum absolute atomic E-state index is 4.37. The van der Waals surface area contributed by atoms with Gasteiger partial charge in [0.05, 0.1) is 11.7 Å². The highest BCUT2D eigenvalue weighted by molar-refractivity contribution is 5.01. The van der Waals surface area contributed by atoms with Crippen LogP contribution in [0.3, 0.4) is 0 Å². The van der Waals surface area contributed by atoms with Gasteiger partial charge in [-0.2, -0.15) is 0 Å². The summed E-state index contributed by atoms with van der Waals surface area (Å²) in [5, 5.41) is 3.35. The van der Waals surface area contributed by atoms with Crippen LogP contribution in [0.15, 0.2) is 18.6 Å². The number of piperidine rings is 1. The molecule has 1 N–H and O–H groups in total. The van der Waals surface area contributed by atoms with Crippen LogP contribution < -0.4 is 5.32 Å². The molecule has 0 spiro atoms. The van der Waals surface area contributed by atoms with Crippen LogP contribution in [0, 0.1) is 0 Å². The lowest BCUT2D eigenvalue weighted by molar-refractivity contribution is 0.152. The van der Waals surface area contributed by atoms with Crippen LogP contribution in [0.4, 0.5) is 0 Å². The lowest BCUT2D eigenvalue weighted by Crippen LogP contribution is -2.42. The van der Waals surface area contributed by atoms with Gasteiger partial charge in [0, 0.05) is 37.7 Å². The van der Waals surface area contributed by atoms with Crippen molar-refractivity contribution in [2.45, 2.75) is 31.8 Å². The molecule has 0 bridgehead atoms. The third kappa shape index (κ3) is 2.57. The van der Waals surface area contributed by atoms with E-state index in [4.69, 9.17) is 0 Å². The summed E-state index contributed by atoms with van der Waals surface area (Å²) in [5.41, 5.74) is 1.07. The van der Waals surface area contributed by atoms with Gasteiger partial charge in [-0.25, -0.2) is 0 Å². The summed E-state index contributed by atoms with van der Waals surface area (Å²) in [5.74, 6) is 0. The highest BCUT2D eigenvalue weighted by Gasteiger charge is 2.23. The predicted molar refractivity (Wildman–Crippen MR) is 64.1 cm³/mol. The molecule has 1 unspecified atom stereocenters. The molecule has 4 heteroatoms. The second-order valence-electron chi connectivity index (χ2n) is 4.41. The van der Waals surface area contributed by atoms with Gasteiger partial charge in [0.25, 0.3) is 0 Å². The number of aromatic nitrogens is 2. The molecule has 1 aliphatic rings. The molecule has 2 heterocycles. The van der Waals surface area contributed by atoms with Crippen molar-refractivity contribution in [3.63, 3.8) is 0 Å². The van der Waals surface area contributed by atoms with Gasteiger partial charge in [-0.1, -0.05) is 0 Å². The highest BCUT2D eigenvalue weighted by Crippen LogP contribution is 2.21. The molecule has 1 atom stereocenters. The zero-order valence-electron chi connectivity index (χ0n) is 10.1. The fourth-order valence-corrected chi connectivity index (χ4v) is 2.29. The first-order valence-corrected chi connectivity index (χ1v) is 5.98. The molecule has 0 aliphatic carbocycles. The van der Waals surface area contributed by atoms with Gasteiger partial charge in [-0.15, -0.1) is 0 Å². The van der Waals surface area contributed by atoms with Crippen molar-refractivity contribution >= 4 is 0 Å². The van der Waals surface area contributed by atoms with Crippen LogP contribution >= 0.6 is 0 Å². The fraction of sp³-hybridized carbons (Fsp3) is 0.667. The number of nitrogens with one attached hydrogen (secondary N) is 1. The minimum absolute atomic E-state index is 0.381. The summed E-state index contributed by atoms with van der Waals surface area (Å²) in [6.07, 6.45) is 7.81. The fourth-order valence-electron chi connectivity index (χ4n) is 2.29. The van der Waals surface area contributed by atoms with Crippen molar-refractivity contribution < 1.29 is 0 Å². The van der Waals surface area contributed by atoms with Crippen molar-refractivity contribution in [2.24, 2.45) is 0 Å². The van der Waals surface area contributed by atoms with E-state index >= 15 is 0 Å². The third-order valence-corrected chi connectivity index (χ3v) is 3.50. The van der Waals surface area contributed by atoms with E-state index in [-0.39, 0.29) is 0 Å². The molecular weight excluding hydrogens is 200 g/mol. The summed E-state index contributed by atoms with van der Waals surface area (Å²) < 4.78 is 0. The van der Waals surface area contributed by atoms with Crippen molar-refractivity contribution in [2.75, 3.05) is 20.1 Å². The SMILES string of the molecule is CNC1CCN(C(C)c2cnccn2)CC1. The molecule has 1 aliphatic heterocycles. The Kier molecular flexibility index (Phi) is 3.85. The van der Waals surface area contributed by atoms with E-state index in [0.717, 1.165) is 18.8 Å². The Morgan fingerprint density at radius 2 is 2.12 bits per heavy atom. The molecule has 0 radical (unpaired) electrons.